The van der Waals surface area contributed by atoms with Gasteiger partial charge >= 0.3 is 6.09 Å². The van der Waals surface area contributed by atoms with E-state index in [1.807, 2.05) is 0 Å². The first-order chi connectivity index (χ1) is 21.7. The number of fused-ring (bicyclic) bond motifs is 1. The molecule has 0 spiro atoms. The summed E-state index contributed by atoms with van der Waals surface area (Å²) in [5.41, 5.74) is -0.716. The summed E-state index contributed by atoms with van der Waals surface area (Å²) in [7, 11) is -2.87. The number of ether oxygens (including phenoxy) is 2. The number of hydrogen-bond donors (Lipinski definition) is 2. The van der Waals surface area contributed by atoms with Gasteiger partial charge in [-0.15, -0.1) is 0 Å². The number of nitrogens with one attached hydrogen (secondary N) is 1. The maximum Gasteiger partial charge on any atom is 0.407 e. The number of piperidine rings is 1. The molecule has 2 aromatic carbocycles. The standard InChI is InChI=1S/C30H37N5O10S/c1-30(2)28(37)33(13-6-14-44-3)24-16-22(11-12-25(24)45-30)34(21-9-10-21)27(36)19-15-20(18-32(17-19)29(38)39)31-46(42,43)26-8-5-4-7-23(26)35(40)41/h4-5,7-8,11-12,16,19-21,31H,6,9-10,13-15,17-18H2,1-3H3,(H,38,39)/t19-,20+/m1/s1. The van der Waals surface area contributed by atoms with Crippen molar-refractivity contribution in [2.24, 2.45) is 5.92 Å². The molecule has 0 unspecified atom stereocenters. The van der Waals surface area contributed by atoms with E-state index in [-0.39, 0.29) is 31.5 Å². The Balaban J connectivity index is 1.43. The Kier molecular flexibility index (Phi) is 9.24. The van der Waals surface area contributed by atoms with Crippen molar-refractivity contribution in [1.82, 2.24) is 9.62 Å². The van der Waals surface area contributed by atoms with Crippen molar-refractivity contribution in [3.8, 4) is 5.75 Å². The zero-order chi connectivity index (χ0) is 33.4. The molecule has 0 radical (unpaired) electrons. The van der Waals surface area contributed by atoms with Gasteiger partial charge in [0, 0.05) is 57.2 Å². The SMILES string of the molecule is COCCCN1C(=O)C(C)(C)Oc2ccc(N(C(=O)[C@@H]3C[C@H](NS(=O)(=O)c4ccccc4[N+](=O)[O-])CN(C(=O)O)C3)C3CC3)cc21. The van der Waals surface area contributed by atoms with Crippen molar-refractivity contribution >= 4 is 45.0 Å². The molecular formula is C30H37N5O10S. The molecule has 0 bridgehead atoms. The highest BCUT2D eigenvalue weighted by Gasteiger charge is 2.44. The highest BCUT2D eigenvalue weighted by atomic mass is 32.2. The van der Waals surface area contributed by atoms with E-state index in [0.29, 0.717) is 49.5 Å². The molecule has 5 rings (SSSR count). The fourth-order valence-corrected chi connectivity index (χ4v) is 7.39. The van der Waals surface area contributed by atoms with E-state index in [9.17, 15) is 38.0 Å². The van der Waals surface area contributed by atoms with Crippen molar-refractivity contribution in [2.75, 3.05) is 43.2 Å². The zero-order valence-corrected chi connectivity index (χ0v) is 26.6. The van der Waals surface area contributed by atoms with Crippen LogP contribution in [0.4, 0.5) is 21.9 Å². The second-order valence-corrected chi connectivity index (χ2v) is 13.9. The Hall–Kier alpha value is -4.28. The summed E-state index contributed by atoms with van der Waals surface area (Å²) in [5, 5.41) is 21.3. The van der Waals surface area contributed by atoms with E-state index >= 15 is 0 Å². The van der Waals surface area contributed by atoms with E-state index in [4.69, 9.17) is 9.47 Å². The van der Waals surface area contributed by atoms with Crippen molar-refractivity contribution in [1.29, 1.82) is 0 Å². The fraction of sp³-hybridized carbons (Fsp3) is 0.500. The van der Waals surface area contributed by atoms with Crippen LogP contribution in [0.25, 0.3) is 0 Å². The number of nitrogens with zero attached hydrogens (tertiary/aromatic N) is 4. The second kappa shape index (κ2) is 12.8. The average Bonchev–Trinajstić information content (AvgIpc) is 3.84. The minimum absolute atomic E-state index is 0.0322. The van der Waals surface area contributed by atoms with Crippen LogP contribution < -0.4 is 19.3 Å². The largest absolute Gasteiger partial charge is 0.476 e. The summed E-state index contributed by atoms with van der Waals surface area (Å²) in [6, 6.07) is 8.81. The molecule has 248 valence electrons. The van der Waals surface area contributed by atoms with Gasteiger partial charge in [-0.2, -0.15) is 0 Å². The summed E-state index contributed by atoms with van der Waals surface area (Å²) in [6.45, 7) is 3.78. The smallest absolute Gasteiger partial charge is 0.407 e. The summed E-state index contributed by atoms with van der Waals surface area (Å²) >= 11 is 0. The van der Waals surface area contributed by atoms with Gasteiger partial charge in [-0.05, 0) is 63.8 Å². The molecule has 15 nitrogen and oxygen atoms in total. The lowest BCUT2D eigenvalue weighted by atomic mass is 9.93. The quantitative estimate of drug-likeness (QED) is 0.206. The van der Waals surface area contributed by atoms with Crippen molar-refractivity contribution in [3.05, 3.63) is 52.6 Å². The number of likely N-dealkylation sites (tertiary alicyclic amines) is 1. The van der Waals surface area contributed by atoms with Gasteiger partial charge in [-0.1, -0.05) is 12.1 Å². The predicted molar refractivity (Wildman–Crippen MR) is 165 cm³/mol. The summed E-state index contributed by atoms with van der Waals surface area (Å²) in [6.07, 6.45) is 0.640. The summed E-state index contributed by atoms with van der Waals surface area (Å²) < 4.78 is 40.1. The van der Waals surface area contributed by atoms with Crippen LogP contribution in [0.3, 0.4) is 0 Å². The first-order valence-corrected chi connectivity index (χ1v) is 16.4. The van der Waals surface area contributed by atoms with Crippen LogP contribution in [-0.2, 0) is 24.3 Å². The van der Waals surface area contributed by atoms with Gasteiger partial charge in [-0.3, -0.25) is 19.7 Å². The number of carbonyl (C=O) groups is 3. The number of nitro groups is 1. The highest BCUT2D eigenvalue weighted by molar-refractivity contribution is 7.89. The number of para-hydroxylation sites is 1. The number of hydrogen-bond acceptors (Lipinski definition) is 9. The molecule has 1 saturated heterocycles. The van der Waals surface area contributed by atoms with Gasteiger partial charge in [0.15, 0.2) is 10.5 Å². The molecule has 2 fully saturated rings. The fourth-order valence-electron chi connectivity index (χ4n) is 5.98. The molecule has 2 N–H and O–H groups in total. The Morgan fingerprint density at radius 2 is 1.91 bits per heavy atom. The van der Waals surface area contributed by atoms with E-state index in [1.54, 1.807) is 49.0 Å². The normalized spacial score (nSPS) is 20.9. The third-order valence-corrected chi connectivity index (χ3v) is 9.83. The molecule has 16 heteroatoms. The van der Waals surface area contributed by atoms with Crippen LogP contribution in [0.5, 0.6) is 5.75 Å². The molecule has 46 heavy (non-hydrogen) atoms. The number of carboxylic acid groups (broad SMARTS) is 1. The van der Waals surface area contributed by atoms with Crippen LogP contribution in [0.2, 0.25) is 0 Å². The topological polar surface area (TPSA) is 189 Å². The molecule has 3 amide bonds. The van der Waals surface area contributed by atoms with Gasteiger partial charge in [0.1, 0.15) is 5.75 Å². The molecule has 0 aromatic heterocycles. The van der Waals surface area contributed by atoms with E-state index < -0.39 is 55.1 Å². The molecule has 2 aliphatic heterocycles. The number of sulfonamides is 1. The second-order valence-electron chi connectivity index (χ2n) is 12.2. The lowest BCUT2D eigenvalue weighted by molar-refractivity contribution is -0.387. The van der Waals surface area contributed by atoms with Crippen molar-refractivity contribution < 1.29 is 42.3 Å². The number of benzene rings is 2. The Bertz CT molecular complexity index is 1640. The third kappa shape index (κ3) is 6.78. The molecule has 1 saturated carbocycles. The van der Waals surface area contributed by atoms with Crippen molar-refractivity contribution in [2.45, 2.75) is 62.1 Å². The minimum Gasteiger partial charge on any atom is -0.476 e. The number of amides is 3. The maximum atomic E-state index is 14.2. The number of anilines is 2. The van der Waals surface area contributed by atoms with Gasteiger partial charge < -0.3 is 29.3 Å². The monoisotopic (exact) mass is 659 g/mol. The van der Waals surface area contributed by atoms with Crippen LogP contribution in [0.1, 0.15) is 39.5 Å². The number of carbonyl (C=O) groups excluding carboxylic acids is 2. The average molecular weight is 660 g/mol. The van der Waals surface area contributed by atoms with Gasteiger partial charge in [0.05, 0.1) is 16.5 Å². The van der Waals surface area contributed by atoms with Crippen LogP contribution in [-0.4, -0.2) is 92.3 Å². The Labute approximate surface area is 266 Å². The zero-order valence-electron chi connectivity index (χ0n) is 25.7. The molecule has 3 aliphatic rings. The van der Waals surface area contributed by atoms with E-state index in [0.717, 1.165) is 17.0 Å². The molecule has 2 atom stereocenters. The number of methoxy groups -OCH3 is 1. The first-order valence-electron chi connectivity index (χ1n) is 14.9. The highest BCUT2D eigenvalue weighted by Crippen LogP contribution is 2.43. The molecule has 2 aromatic rings. The van der Waals surface area contributed by atoms with Crippen LogP contribution >= 0.6 is 0 Å². The van der Waals surface area contributed by atoms with Gasteiger partial charge in [-0.25, -0.2) is 17.9 Å². The van der Waals surface area contributed by atoms with E-state index in [2.05, 4.69) is 4.72 Å². The first kappa shape index (κ1) is 33.1. The lowest BCUT2D eigenvalue weighted by Crippen LogP contribution is -2.56. The molecule has 2 heterocycles. The van der Waals surface area contributed by atoms with E-state index in [1.165, 1.54) is 12.1 Å². The summed E-state index contributed by atoms with van der Waals surface area (Å²) in [4.78, 5) is 54.0. The number of nitro benzene ring substituents is 1. The Morgan fingerprint density at radius 3 is 2.57 bits per heavy atom. The van der Waals surface area contributed by atoms with Crippen LogP contribution in [0, 0.1) is 16.0 Å². The van der Waals surface area contributed by atoms with Gasteiger partial charge in [0.25, 0.3) is 11.6 Å². The maximum absolute atomic E-state index is 14.2. The predicted octanol–water partition coefficient (Wildman–Crippen LogP) is 2.98. The third-order valence-electron chi connectivity index (χ3n) is 8.26. The molecular weight excluding hydrogens is 622 g/mol. The van der Waals surface area contributed by atoms with Crippen molar-refractivity contribution in [3.63, 3.8) is 0 Å². The number of rotatable bonds is 11. The lowest BCUT2D eigenvalue weighted by Gasteiger charge is -2.40. The van der Waals surface area contributed by atoms with Gasteiger partial charge in [0.2, 0.25) is 15.9 Å². The Morgan fingerprint density at radius 1 is 1.20 bits per heavy atom. The van der Waals surface area contributed by atoms with Crippen LogP contribution in [0.15, 0.2) is 47.4 Å². The minimum atomic E-state index is -4.45. The molecule has 1 aliphatic carbocycles. The summed E-state index contributed by atoms with van der Waals surface area (Å²) in [5.74, 6) is -1.07.